The molecule has 6 nitrogen and oxygen atoms in total. The zero-order chi connectivity index (χ0) is 17.6. The molecule has 3 aromatic rings. The van der Waals surface area contributed by atoms with Crippen LogP contribution in [0, 0.1) is 5.82 Å². The number of nitrogens with one attached hydrogen (secondary N) is 1. The fourth-order valence-electron chi connectivity index (χ4n) is 2.21. The number of ether oxygens (including phenoxy) is 1. The lowest BCUT2D eigenvalue weighted by molar-refractivity contribution is -0.122. The van der Waals surface area contributed by atoms with Gasteiger partial charge in [0.1, 0.15) is 24.2 Å². The predicted octanol–water partition coefficient (Wildman–Crippen LogP) is 2.87. The number of anilines is 1. The first kappa shape index (κ1) is 16.6. The van der Waals surface area contributed by atoms with E-state index in [4.69, 9.17) is 4.74 Å². The van der Waals surface area contributed by atoms with E-state index in [1.807, 2.05) is 24.3 Å². The van der Waals surface area contributed by atoms with Crippen LogP contribution >= 0.6 is 0 Å². The molecular formula is C18H17FN4O2. The summed E-state index contributed by atoms with van der Waals surface area (Å²) in [5.41, 5.74) is 1.71. The van der Waals surface area contributed by atoms with E-state index >= 15 is 0 Å². The van der Waals surface area contributed by atoms with Crippen LogP contribution in [0.15, 0.2) is 61.2 Å². The van der Waals surface area contributed by atoms with Crippen LogP contribution in [0.1, 0.15) is 12.5 Å². The highest BCUT2D eigenvalue weighted by atomic mass is 19.1. The molecule has 1 unspecified atom stereocenters. The van der Waals surface area contributed by atoms with E-state index in [-0.39, 0.29) is 11.7 Å². The van der Waals surface area contributed by atoms with Gasteiger partial charge >= 0.3 is 0 Å². The van der Waals surface area contributed by atoms with Crippen molar-refractivity contribution in [1.82, 2.24) is 14.8 Å². The Morgan fingerprint density at radius 3 is 2.56 bits per heavy atom. The monoisotopic (exact) mass is 340 g/mol. The van der Waals surface area contributed by atoms with Crippen molar-refractivity contribution in [2.75, 3.05) is 5.32 Å². The third-order valence-electron chi connectivity index (χ3n) is 3.53. The second-order valence-electron chi connectivity index (χ2n) is 5.49. The molecule has 0 fully saturated rings. The average Bonchev–Trinajstić information content (AvgIpc) is 3.11. The predicted molar refractivity (Wildman–Crippen MR) is 90.7 cm³/mol. The van der Waals surface area contributed by atoms with Crippen LogP contribution in [0.2, 0.25) is 0 Å². The second-order valence-corrected chi connectivity index (χ2v) is 5.49. The lowest BCUT2D eigenvalue weighted by Crippen LogP contribution is -2.30. The Bertz CT molecular complexity index is 817. The second kappa shape index (κ2) is 7.57. The number of nitrogens with zero attached hydrogens (tertiary/aromatic N) is 3. The minimum Gasteiger partial charge on any atom is -0.481 e. The van der Waals surface area contributed by atoms with Gasteiger partial charge in [0, 0.05) is 5.69 Å². The molecule has 0 aliphatic heterocycles. The zero-order valence-electron chi connectivity index (χ0n) is 13.6. The Kier molecular flexibility index (Phi) is 5.03. The number of carbonyl (C=O) groups is 1. The van der Waals surface area contributed by atoms with Crippen LogP contribution in [-0.2, 0) is 11.3 Å². The maximum atomic E-state index is 12.9. The van der Waals surface area contributed by atoms with Crippen molar-refractivity contribution in [1.29, 1.82) is 0 Å². The molecule has 0 aliphatic rings. The Morgan fingerprint density at radius 2 is 1.92 bits per heavy atom. The quantitative estimate of drug-likeness (QED) is 0.749. The Morgan fingerprint density at radius 1 is 1.20 bits per heavy atom. The van der Waals surface area contributed by atoms with Crippen molar-refractivity contribution in [2.24, 2.45) is 0 Å². The van der Waals surface area contributed by atoms with E-state index in [9.17, 15) is 9.18 Å². The molecule has 1 N–H and O–H groups in total. The van der Waals surface area contributed by atoms with E-state index < -0.39 is 6.10 Å². The van der Waals surface area contributed by atoms with Gasteiger partial charge in [-0.1, -0.05) is 12.1 Å². The molecular weight excluding hydrogens is 323 g/mol. The first-order valence-corrected chi connectivity index (χ1v) is 7.74. The molecule has 0 spiro atoms. The number of halogens is 1. The third-order valence-corrected chi connectivity index (χ3v) is 3.53. The molecule has 25 heavy (non-hydrogen) atoms. The first-order valence-electron chi connectivity index (χ1n) is 7.74. The molecule has 0 saturated heterocycles. The minimum atomic E-state index is -0.708. The minimum absolute atomic E-state index is 0.284. The van der Waals surface area contributed by atoms with E-state index in [0.717, 1.165) is 5.56 Å². The lowest BCUT2D eigenvalue weighted by atomic mass is 10.2. The number of aromatic nitrogens is 3. The summed E-state index contributed by atoms with van der Waals surface area (Å²) in [4.78, 5) is 16.1. The molecule has 1 amide bonds. The number of benzene rings is 2. The maximum absolute atomic E-state index is 12.9. The number of rotatable bonds is 6. The Hall–Kier alpha value is -3.22. The average molecular weight is 340 g/mol. The molecule has 0 saturated carbocycles. The van der Waals surface area contributed by atoms with E-state index in [1.54, 1.807) is 17.9 Å². The molecule has 7 heteroatoms. The Balaban J connectivity index is 1.55. The summed E-state index contributed by atoms with van der Waals surface area (Å²) in [6.45, 7) is 2.25. The molecule has 1 heterocycles. The van der Waals surface area contributed by atoms with Gasteiger partial charge in [0.25, 0.3) is 5.91 Å². The number of hydrogen-bond donors (Lipinski definition) is 1. The fraction of sp³-hybridized carbons (Fsp3) is 0.167. The highest BCUT2D eigenvalue weighted by Crippen LogP contribution is 2.15. The van der Waals surface area contributed by atoms with Crippen LogP contribution in [0.25, 0.3) is 0 Å². The fourth-order valence-corrected chi connectivity index (χ4v) is 2.21. The van der Waals surface area contributed by atoms with Crippen molar-refractivity contribution in [2.45, 2.75) is 19.6 Å². The highest BCUT2D eigenvalue weighted by Gasteiger charge is 2.15. The molecule has 2 aromatic carbocycles. The number of hydrogen-bond acceptors (Lipinski definition) is 4. The van der Waals surface area contributed by atoms with Crippen molar-refractivity contribution in [3.05, 3.63) is 72.6 Å². The first-order chi connectivity index (χ1) is 12.1. The summed E-state index contributed by atoms with van der Waals surface area (Å²) in [7, 11) is 0. The van der Waals surface area contributed by atoms with E-state index in [0.29, 0.717) is 18.0 Å². The summed E-state index contributed by atoms with van der Waals surface area (Å²) in [6, 6.07) is 13.0. The van der Waals surface area contributed by atoms with Crippen LogP contribution in [0.3, 0.4) is 0 Å². The van der Waals surface area contributed by atoms with E-state index in [2.05, 4.69) is 15.4 Å². The van der Waals surface area contributed by atoms with Gasteiger partial charge in [0.05, 0.1) is 6.54 Å². The number of carbonyl (C=O) groups excluding carboxylic acids is 1. The summed E-state index contributed by atoms with van der Waals surface area (Å²) in [5, 5.41) is 6.83. The topological polar surface area (TPSA) is 69.0 Å². The van der Waals surface area contributed by atoms with Crippen molar-refractivity contribution < 1.29 is 13.9 Å². The van der Waals surface area contributed by atoms with Gasteiger partial charge < -0.3 is 10.1 Å². The summed E-state index contributed by atoms with van der Waals surface area (Å²) in [6.07, 6.45) is 2.42. The maximum Gasteiger partial charge on any atom is 0.265 e. The summed E-state index contributed by atoms with van der Waals surface area (Å²) >= 11 is 0. The van der Waals surface area contributed by atoms with Gasteiger partial charge in [0.15, 0.2) is 6.10 Å². The molecule has 0 bridgehead atoms. The van der Waals surface area contributed by atoms with Crippen LogP contribution in [-0.4, -0.2) is 26.8 Å². The summed E-state index contributed by atoms with van der Waals surface area (Å²) < 4.78 is 20.1. The van der Waals surface area contributed by atoms with Gasteiger partial charge in [-0.25, -0.2) is 14.1 Å². The van der Waals surface area contributed by atoms with Gasteiger partial charge in [0.2, 0.25) is 0 Å². The smallest absolute Gasteiger partial charge is 0.265 e. The van der Waals surface area contributed by atoms with Crippen LogP contribution in [0.4, 0.5) is 10.1 Å². The summed E-state index contributed by atoms with van der Waals surface area (Å²) in [5.74, 6) is -0.198. The van der Waals surface area contributed by atoms with Gasteiger partial charge in [-0.3, -0.25) is 4.79 Å². The third kappa shape index (κ3) is 4.63. The van der Waals surface area contributed by atoms with Crippen LogP contribution < -0.4 is 10.1 Å². The van der Waals surface area contributed by atoms with E-state index in [1.165, 1.54) is 30.6 Å². The van der Waals surface area contributed by atoms with Gasteiger partial charge in [-0.2, -0.15) is 5.10 Å². The molecule has 0 aliphatic carbocycles. The van der Waals surface area contributed by atoms with Crippen molar-refractivity contribution in [3.63, 3.8) is 0 Å². The molecule has 1 aromatic heterocycles. The SMILES string of the molecule is CC(Oc1ccc(F)cc1)C(=O)Nc1ccc(Cn2cncn2)cc1. The number of amides is 1. The van der Waals surface area contributed by atoms with Gasteiger partial charge in [-0.05, 0) is 48.9 Å². The Labute approximate surface area is 144 Å². The van der Waals surface area contributed by atoms with Crippen molar-refractivity contribution >= 4 is 11.6 Å². The molecule has 0 radical (unpaired) electrons. The molecule has 3 rings (SSSR count). The highest BCUT2D eigenvalue weighted by molar-refractivity contribution is 5.94. The standard InChI is InChI=1S/C18H17FN4O2/c1-13(25-17-8-4-15(19)5-9-17)18(24)22-16-6-2-14(3-7-16)10-23-12-20-11-21-23/h2-9,11-13H,10H2,1H3,(H,22,24). The largest absolute Gasteiger partial charge is 0.481 e. The molecule has 128 valence electrons. The van der Waals surface area contributed by atoms with Gasteiger partial charge in [-0.15, -0.1) is 0 Å². The normalized spacial score (nSPS) is 11.8. The zero-order valence-corrected chi connectivity index (χ0v) is 13.6. The molecule has 1 atom stereocenters. The van der Waals surface area contributed by atoms with Crippen molar-refractivity contribution in [3.8, 4) is 5.75 Å². The van der Waals surface area contributed by atoms with Crippen LogP contribution in [0.5, 0.6) is 5.75 Å². The lowest BCUT2D eigenvalue weighted by Gasteiger charge is -2.15.